The highest BCUT2D eigenvalue weighted by Gasteiger charge is 2.37. The van der Waals surface area contributed by atoms with Crippen molar-refractivity contribution in [1.82, 2.24) is 0 Å². The van der Waals surface area contributed by atoms with Gasteiger partial charge in [0.1, 0.15) is 11.2 Å². The van der Waals surface area contributed by atoms with Crippen LogP contribution in [0.15, 0.2) is 59.0 Å². The SMILES string of the molecule is CC1(C)c2cc(N)ccc2-c2c1ccc1c2oc2ccccc21. The van der Waals surface area contributed by atoms with Crippen LogP contribution in [-0.4, -0.2) is 0 Å². The van der Waals surface area contributed by atoms with Gasteiger partial charge in [-0.15, -0.1) is 0 Å². The molecule has 2 N–H and O–H groups in total. The first kappa shape index (κ1) is 12.8. The Labute approximate surface area is 134 Å². The van der Waals surface area contributed by atoms with Gasteiger partial charge in [-0.3, -0.25) is 0 Å². The maximum Gasteiger partial charge on any atom is 0.143 e. The van der Waals surface area contributed by atoms with Gasteiger partial charge in [0.05, 0.1) is 0 Å². The average Bonchev–Trinajstić information content (AvgIpc) is 3.02. The van der Waals surface area contributed by atoms with E-state index in [0.29, 0.717) is 0 Å². The predicted molar refractivity (Wildman–Crippen MR) is 95.7 cm³/mol. The minimum absolute atomic E-state index is 0.0623. The van der Waals surface area contributed by atoms with Crippen LogP contribution in [0.5, 0.6) is 0 Å². The van der Waals surface area contributed by atoms with Gasteiger partial charge in [-0.2, -0.15) is 0 Å². The van der Waals surface area contributed by atoms with Gasteiger partial charge in [-0.25, -0.2) is 0 Å². The van der Waals surface area contributed by atoms with E-state index >= 15 is 0 Å². The molecule has 2 nitrogen and oxygen atoms in total. The van der Waals surface area contributed by atoms with Crippen LogP contribution in [0.25, 0.3) is 33.1 Å². The third-order valence-corrected chi connectivity index (χ3v) is 5.21. The molecule has 23 heavy (non-hydrogen) atoms. The third-order valence-electron chi connectivity index (χ3n) is 5.21. The van der Waals surface area contributed by atoms with E-state index in [9.17, 15) is 0 Å². The number of benzene rings is 3. The molecule has 2 heteroatoms. The Hall–Kier alpha value is -2.74. The van der Waals surface area contributed by atoms with Crippen LogP contribution >= 0.6 is 0 Å². The molecule has 0 saturated carbocycles. The number of anilines is 1. The second-order valence-electron chi connectivity index (χ2n) is 6.89. The zero-order valence-corrected chi connectivity index (χ0v) is 13.2. The number of nitrogen functional groups attached to an aromatic ring is 1. The first-order valence-electron chi connectivity index (χ1n) is 7.92. The van der Waals surface area contributed by atoms with Gasteiger partial charge in [0.2, 0.25) is 0 Å². The number of para-hydroxylation sites is 1. The molecule has 0 amide bonds. The van der Waals surface area contributed by atoms with Crippen LogP contribution in [0, 0.1) is 0 Å². The Morgan fingerprint density at radius 2 is 1.70 bits per heavy atom. The molecule has 4 aromatic rings. The number of fused-ring (bicyclic) bond motifs is 7. The van der Waals surface area contributed by atoms with Crippen molar-refractivity contribution in [3.05, 3.63) is 65.7 Å². The van der Waals surface area contributed by atoms with Crippen LogP contribution in [0.1, 0.15) is 25.0 Å². The van der Waals surface area contributed by atoms with Crippen LogP contribution in [0.2, 0.25) is 0 Å². The van der Waals surface area contributed by atoms with Gasteiger partial charge in [-0.05, 0) is 34.9 Å². The fraction of sp³-hybridized carbons (Fsp3) is 0.143. The van der Waals surface area contributed by atoms with Crippen LogP contribution in [-0.2, 0) is 5.41 Å². The van der Waals surface area contributed by atoms with Crippen molar-refractivity contribution in [2.75, 3.05) is 5.73 Å². The molecule has 0 atom stereocenters. The molecule has 0 radical (unpaired) electrons. The Bertz CT molecular complexity index is 1100. The average molecular weight is 299 g/mol. The summed E-state index contributed by atoms with van der Waals surface area (Å²) in [7, 11) is 0. The van der Waals surface area contributed by atoms with Crippen molar-refractivity contribution >= 4 is 27.6 Å². The molecule has 1 aliphatic rings. The molecule has 1 aromatic heterocycles. The smallest absolute Gasteiger partial charge is 0.143 e. The lowest BCUT2D eigenvalue weighted by molar-refractivity contribution is 0.653. The molecule has 0 spiro atoms. The van der Waals surface area contributed by atoms with E-state index in [1.807, 2.05) is 18.2 Å². The standard InChI is InChI=1S/C21H17NO/c1-21(2)16-10-9-14-13-5-3-4-6-18(13)23-20(14)19(16)15-8-7-12(22)11-17(15)21/h3-11H,22H2,1-2H3. The highest BCUT2D eigenvalue weighted by Crippen LogP contribution is 2.52. The van der Waals surface area contributed by atoms with Gasteiger partial charge in [-0.1, -0.05) is 50.2 Å². The fourth-order valence-electron chi connectivity index (χ4n) is 4.02. The van der Waals surface area contributed by atoms with E-state index in [2.05, 4.69) is 50.2 Å². The lowest BCUT2D eigenvalue weighted by atomic mass is 9.82. The van der Waals surface area contributed by atoms with Crippen molar-refractivity contribution in [2.24, 2.45) is 0 Å². The van der Waals surface area contributed by atoms with Gasteiger partial charge < -0.3 is 10.2 Å². The normalized spacial score (nSPS) is 15.0. The van der Waals surface area contributed by atoms with E-state index in [0.717, 1.165) is 16.9 Å². The summed E-state index contributed by atoms with van der Waals surface area (Å²) in [4.78, 5) is 0. The second-order valence-corrected chi connectivity index (χ2v) is 6.89. The molecule has 0 unspecified atom stereocenters. The van der Waals surface area contributed by atoms with Crippen LogP contribution < -0.4 is 5.73 Å². The highest BCUT2D eigenvalue weighted by atomic mass is 16.3. The van der Waals surface area contributed by atoms with E-state index in [4.69, 9.17) is 10.2 Å². The third kappa shape index (κ3) is 1.48. The number of furan rings is 1. The lowest BCUT2D eigenvalue weighted by Crippen LogP contribution is -2.15. The maximum atomic E-state index is 6.24. The predicted octanol–water partition coefficient (Wildman–Crippen LogP) is 5.47. The van der Waals surface area contributed by atoms with E-state index < -0.39 is 0 Å². The van der Waals surface area contributed by atoms with Crippen molar-refractivity contribution in [3.8, 4) is 11.1 Å². The molecule has 0 aliphatic heterocycles. The fourth-order valence-corrected chi connectivity index (χ4v) is 4.02. The summed E-state index contributed by atoms with van der Waals surface area (Å²) >= 11 is 0. The van der Waals surface area contributed by atoms with E-state index in [1.54, 1.807) is 0 Å². The number of rotatable bonds is 0. The minimum atomic E-state index is -0.0623. The molecular weight excluding hydrogens is 282 g/mol. The number of nitrogens with two attached hydrogens (primary N) is 1. The molecule has 112 valence electrons. The number of hydrogen-bond acceptors (Lipinski definition) is 2. The van der Waals surface area contributed by atoms with E-state index in [-0.39, 0.29) is 5.41 Å². The van der Waals surface area contributed by atoms with Gasteiger partial charge in [0, 0.05) is 27.4 Å². The molecular formula is C21H17NO. The summed E-state index contributed by atoms with van der Waals surface area (Å²) < 4.78 is 6.24. The Kier molecular flexibility index (Phi) is 2.20. The Morgan fingerprint density at radius 1 is 0.870 bits per heavy atom. The molecule has 1 aliphatic carbocycles. The summed E-state index contributed by atoms with van der Waals surface area (Å²) in [5, 5.41) is 2.35. The van der Waals surface area contributed by atoms with Gasteiger partial charge in [0.25, 0.3) is 0 Å². The largest absolute Gasteiger partial charge is 0.455 e. The summed E-state index contributed by atoms with van der Waals surface area (Å²) in [6.45, 7) is 4.51. The quantitative estimate of drug-likeness (QED) is 0.437. The van der Waals surface area contributed by atoms with Crippen molar-refractivity contribution in [3.63, 3.8) is 0 Å². The topological polar surface area (TPSA) is 39.2 Å². The number of hydrogen-bond donors (Lipinski definition) is 1. The van der Waals surface area contributed by atoms with E-state index in [1.165, 1.54) is 33.0 Å². The van der Waals surface area contributed by atoms with Crippen molar-refractivity contribution < 1.29 is 4.42 Å². The van der Waals surface area contributed by atoms with Gasteiger partial charge in [0.15, 0.2) is 0 Å². The lowest BCUT2D eigenvalue weighted by Gasteiger charge is -2.21. The molecule has 0 fully saturated rings. The Balaban J connectivity index is 1.99. The van der Waals surface area contributed by atoms with Gasteiger partial charge >= 0.3 is 0 Å². The van der Waals surface area contributed by atoms with Crippen LogP contribution in [0.4, 0.5) is 5.69 Å². The first-order valence-corrected chi connectivity index (χ1v) is 7.92. The van der Waals surface area contributed by atoms with Crippen molar-refractivity contribution in [1.29, 1.82) is 0 Å². The second kappa shape index (κ2) is 3.96. The molecule has 0 saturated heterocycles. The molecule has 0 bridgehead atoms. The van der Waals surface area contributed by atoms with Crippen LogP contribution in [0.3, 0.4) is 0 Å². The van der Waals surface area contributed by atoms with Crippen molar-refractivity contribution in [2.45, 2.75) is 19.3 Å². The molecule has 5 rings (SSSR count). The zero-order valence-electron chi connectivity index (χ0n) is 13.2. The minimum Gasteiger partial charge on any atom is -0.455 e. The Morgan fingerprint density at radius 3 is 2.57 bits per heavy atom. The monoisotopic (exact) mass is 299 g/mol. The summed E-state index contributed by atoms with van der Waals surface area (Å²) in [6.07, 6.45) is 0. The molecule has 3 aromatic carbocycles. The summed E-state index contributed by atoms with van der Waals surface area (Å²) in [6, 6.07) is 18.9. The first-order chi connectivity index (χ1) is 11.1. The maximum absolute atomic E-state index is 6.24. The molecule has 1 heterocycles. The summed E-state index contributed by atoms with van der Waals surface area (Å²) in [5.74, 6) is 0. The summed E-state index contributed by atoms with van der Waals surface area (Å²) in [5.41, 5.74) is 13.8. The highest BCUT2D eigenvalue weighted by molar-refractivity contribution is 6.11. The zero-order chi connectivity index (χ0) is 15.8.